The Morgan fingerprint density at radius 3 is 2.93 bits per heavy atom. The third-order valence-electron chi connectivity index (χ3n) is 2.20. The Labute approximate surface area is 86.2 Å². The van der Waals surface area contributed by atoms with Gasteiger partial charge < -0.3 is 5.32 Å². The lowest BCUT2D eigenvalue weighted by atomic mass is 10.1. The Hall–Kier alpha value is -2.15. The maximum Gasteiger partial charge on any atom is 0.124 e. The van der Waals surface area contributed by atoms with Crippen LogP contribution in [0.3, 0.4) is 0 Å². The normalized spacial score (nSPS) is 9.93. The molecule has 2 aromatic rings. The Bertz CT molecular complexity index is 557. The van der Waals surface area contributed by atoms with E-state index >= 15 is 0 Å². The van der Waals surface area contributed by atoms with Crippen molar-refractivity contribution in [3.63, 3.8) is 0 Å². The van der Waals surface area contributed by atoms with Crippen molar-refractivity contribution in [2.45, 2.75) is 0 Å². The fourth-order valence-corrected chi connectivity index (χ4v) is 1.52. The molecular weight excluding hydrogens is 193 g/mol. The number of hydrogen-bond acceptors (Lipinski definition) is 3. The van der Waals surface area contributed by atoms with Gasteiger partial charge in [-0.25, -0.2) is 4.39 Å². The van der Waals surface area contributed by atoms with Gasteiger partial charge in [0.25, 0.3) is 0 Å². The minimum atomic E-state index is -0.337. The van der Waals surface area contributed by atoms with E-state index in [-0.39, 0.29) is 5.82 Å². The zero-order valence-electron chi connectivity index (χ0n) is 8.08. The molecule has 0 aliphatic carbocycles. The SMILES string of the molecule is CNc1c(C#N)cnc2ccc(F)cc12. The smallest absolute Gasteiger partial charge is 0.124 e. The van der Waals surface area contributed by atoms with Gasteiger partial charge in [0.1, 0.15) is 11.9 Å². The van der Waals surface area contributed by atoms with Crippen molar-refractivity contribution >= 4 is 16.6 Å². The minimum Gasteiger partial charge on any atom is -0.386 e. The summed E-state index contributed by atoms with van der Waals surface area (Å²) < 4.78 is 13.1. The number of anilines is 1. The first-order chi connectivity index (χ1) is 7.26. The molecule has 1 N–H and O–H groups in total. The van der Waals surface area contributed by atoms with Gasteiger partial charge in [-0.2, -0.15) is 5.26 Å². The molecule has 0 atom stereocenters. The van der Waals surface area contributed by atoms with Gasteiger partial charge >= 0.3 is 0 Å². The highest BCUT2D eigenvalue weighted by Crippen LogP contribution is 2.25. The number of fused-ring (bicyclic) bond motifs is 1. The second kappa shape index (κ2) is 3.54. The molecule has 3 nitrogen and oxygen atoms in total. The average Bonchev–Trinajstić information content (AvgIpc) is 2.27. The van der Waals surface area contributed by atoms with Crippen LogP contribution in [-0.2, 0) is 0 Å². The van der Waals surface area contributed by atoms with Crippen molar-refractivity contribution in [2.24, 2.45) is 0 Å². The molecule has 1 aromatic heterocycles. The van der Waals surface area contributed by atoms with Crippen molar-refractivity contribution in [2.75, 3.05) is 12.4 Å². The fraction of sp³-hybridized carbons (Fsp3) is 0.0909. The third-order valence-corrected chi connectivity index (χ3v) is 2.20. The predicted molar refractivity (Wildman–Crippen MR) is 56.0 cm³/mol. The molecule has 0 unspecified atom stereocenters. The molecule has 2 rings (SSSR count). The monoisotopic (exact) mass is 201 g/mol. The van der Waals surface area contributed by atoms with Crippen LogP contribution in [-0.4, -0.2) is 12.0 Å². The van der Waals surface area contributed by atoms with Crippen LogP contribution in [0.2, 0.25) is 0 Å². The van der Waals surface area contributed by atoms with Gasteiger partial charge in [-0.3, -0.25) is 4.98 Å². The van der Waals surface area contributed by atoms with Gasteiger partial charge in [-0.05, 0) is 18.2 Å². The van der Waals surface area contributed by atoms with Gasteiger partial charge in [0.15, 0.2) is 0 Å². The minimum absolute atomic E-state index is 0.337. The molecule has 4 heteroatoms. The number of hydrogen-bond donors (Lipinski definition) is 1. The number of nitriles is 1. The number of aromatic nitrogens is 1. The second-order valence-corrected chi connectivity index (χ2v) is 3.07. The maximum atomic E-state index is 13.1. The molecule has 0 saturated heterocycles. The molecule has 1 aromatic carbocycles. The highest BCUT2D eigenvalue weighted by molar-refractivity contribution is 5.93. The molecule has 0 radical (unpaired) electrons. The van der Waals surface area contributed by atoms with E-state index in [1.165, 1.54) is 18.3 Å². The molecule has 0 spiro atoms. The summed E-state index contributed by atoms with van der Waals surface area (Å²) in [5.74, 6) is -0.337. The maximum absolute atomic E-state index is 13.1. The number of pyridine rings is 1. The Morgan fingerprint density at radius 2 is 2.27 bits per heavy atom. The topological polar surface area (TPSA) is 48.7 Å². The van der Waals surface area contributed by atoms with Crippen LogP contribution < -0.4 is 5.32 Å². The fourth-order valence-electron chi connectivity index (χ4n) is 1.52. The van der Waals surface area contributed by atoms with E-state index in [2.05, 4.69) is 10.3 Å². The first-order valence-corrected chi connectivity index (χ1v) is 4.42. The van der Waals surface area contributed by atoms with Crippen LogP contribution in [0, 0.1) is 17.1 Å². The van der Waals surface area contributed by atoms with E-state index in [1.807, 2.05) is 6.07 Å². The van der Waals surface area contributed by atoms with E-state index < -0.39 is 0 Å². The first-order valence-electron chi connectivity index (χ1n) is 4.42. The van der Waals surface area contributed by atoms with Crippen LogP contribution in [0.15, 0.2) is 24.4 Å². The van der Waals surface area contributed by atoms with Crippen molar-refractivity contribution in [1.29, 1.82) is 5.26 Å². The van der Waals surface area contributed by atoms with Crippen LogP contribution in [0.5, 0.6) is 0 Å². The first kappa shape index (κ1) is 9.41. The van der Waals surface area contributed by atoms with Crippen LogP contribution in [0.1, 0.15) is 5.56 Å². The lowest BCUT2D eigenvalue weighted by Gasteiger charge is -2.06. The molecule has 0 fully saturated rings. The predicted octanol–water partition coefficient (Wildman–Crippen LogP) is 2.29. The van der Waals surface area contributed by atoms with Gasteiger partial charge in [-0.1, -0.05) is 0 Å². The second-order valence-electron chi connectivity index (χ2n) is 3.07. The average molecular weight is 201 g/mol. The summed E-state index contributed by atoms with van der Waals surface area (Å²) in [5, 5.41) is 12.4. The Kier molecular flexibility index (Phi) is 2.22. The molecule has 1 heterocycles. The summed E-state index contributed by atoms with van der Waals surface area (Å²) in [7, 11) is 1.69. The van der Waals surface area contributed by atoms with E-state index in [9.17, 15) is 4.39 Å². The zero-order valence-corrected chi connectivity index (χ0v) is 8.08. The summed E-state index contributed by atoms with van der Waals surface area (Å²) in [6.07, 6.45) is 1.48. The van der Waals surface area contributed by atoms with Gasteiger partial charge in [0.2, 0.25) is 0 Å². The number of nitrogens with one attached hydrogen (secondary N) is 1. The summed E-state index contributed by atoms with van der Waals surface area (Å²) in [4.78, 5) is 4.07. The number of halogens is 1. The Balaban J connectivity index is 2.86. The lowest BCUT2D eigenvalue weighted by Crippen LogP contribution is -1.95. The number of rotatable bonds is 1. The molecule has 0 aliphatic rings. The van der Waals surface area contributed by atoms with Gasteiger partial charge in [-0.15, -0.1) is 0 Å². The largest absolute Gasteiger partial charge is 0.386 e. The van der Waals surface area contributed by atoms with Crippen molar-refractivity contribution in [3.05, 3.63) is 35.8 Å². The molecule has 15 heavy (non-hydrogen) atoms. The number of benzene rings is 1. The van der Waals surface area contributed by atoms with E-state index in [0.29, 0.717) is 22.2 Å². The Morgan fingerprint density at radius 1 is 1.47 bits per heavy atom. The molecule has 0 aliphatic heterocycles. The molecule has 0 saturated carbocycles. The van der Waals surface area contributed by atoms with Crippen LogP contribution >= 0.6 is 0 Å². The summed E-state index contributed by atoms with van der Waals surface area (Å²) in [5.41, 5.74) is 1.69. The van der Waals surface area contributed by atoms with Gasteiger partial charge in [0.05, 0.1) is 16.8 Å². The number of nitrogens with zero attached hydrogens (tertiary/aromatic N) is 2. The third kappa shape index (κ3) is 1.48. The lowest BCUT2D eigenvalue weighted by molar-refractivity contribution is 0.629. The van der Waals surface area contributed by atoms with Crippen molar-refractivity contribution in [1.82, 2.24) is 4.98 Å². The van der Waals surface area contributed by atoms with Crippen molar-refractivity contribution in [3.8, 4) is 6.07 Å². The van der Waals surface area contributed by atoms with Gasteiger partial charge in [0, 0.05) is 18.6 Å². The molecular formula is C11H8FN3. The molecule has 0 amide bonds. The summed E-state index contributed by atoms with van der Waals surface area (Å²) >= 11 is 0. The standard InChI is InChI=1S/C11H8FN3/c1-14-11-7(5-13)6-15-10-3-2-8(12)4-9(10)11/h2-4,6H,1H3,(H,14,15). The molecule has 0 bridgehead atoms. The summed E-state index contributed by atoms with van der Waals surface area (Å²) in [6, 6.07) is 6.32. The van der Waals surface area contributed by atoms with Crippen molar-refractivity contribution < 1.29 is 4.39 Å². The van der Waals surface area contributed by atoms with Crippen LogP contribution in [0.25, 0.3) is 10.9 Å². The highest BCUT2D eigenvalue weighted by atomic mass is 19.1. The van der Waals surface area contributed by atoms with E-state index in [0.717, 1.165) is 0 Å². The van der Waals surface area contributed by atoms with E-state index in [1.54, 1.807) is 13.1 Å². The highest BCUT2D eigenvalue weighted by Gasteiger charge is 2.07. The summed E-state index contributed by atoms with van der Waals surface area (Å²) in [6.45, 7) is 0. The quantitative estimate of drug-likeness (QED) is 0.770. The molecule has 74 valence electrons. The van der Waals surface area contributed by atoms with Crippen LogP contribution in [0.4, 0.5) is 10.1 Å². The van der Waals surface area contributed by atoms with E-state index in [4.69, 9.17) is 5.26 Å². The zero-order chi connectivity index (χ0) is 10.8.